The van der Waals surface area contributed by atoms with Gasteiger partial charge in [0.15, 0.2) is 23.9 Å². The summed E-state index contributed by atoms with van der Waals surface area (Å²) in [5.74, 6) is 1.22. The third kappa shape index (κ3) is 4.14. The van der Waals surface area contributed by atoms with Crippen molar-refractivity contribution >= 4 is 23.5 Å². The Labute approximate surface area is 150 Å². The predicted molar refractivity (Wildman–Crippen MR) is 94.9 cm³/mol. The van der Waals surface area contributed by atoms with Gasteiger partial charge in [-0.05, 0) is 36.1 Å². The van der Waals surface area contributed by atoms with E-state index in [4.69, 9.17) is 14.2 Å². The Balaban J connectivity index is 1.65. The Kier molecular flexibility index (Phi) is 5.60. The normalized spacial score (nSPS) is 12.5. The molecule has 1 heterocycles. The van der Waals surface area contributed by atoms with Crippen LogP contribution >= 0.6 is 11.8 Å². The number of esters is 1. The monoisotopic (exact) mass is 358 g/mol. The van der Waals surface area contributed by atoms with Crippen LogP contribution in [0, 0.1) is 0 Å². The second kappa shape index (κ2) is 8.07. The SMILES string of the molecule is CCSc1ccccc1C(=O)OCC(=O)c1ccc2c(c1)OCCO2. The molecular formula is C19H18O5S. The van der Waals surface area contributed by atoms with Crippen molar-refractivity contribution in [1.29, 1.82) is 0 Å². The summed E-state index contributed by atoms with van der Waals surface area (Å²) in [5, 5.41) is 0. The van der Waals surface area contributed by atoms with Crippen molar-refractivity contribution in [2.24, 2.45) is 0 Å². The van der Waals surface area contributed by atoms with Crippen molar-refractivity contribution in [3.05, 3.63) is 53.6 Å². The first-order valence-electron chi connectivity index (χ1n) is 8.01. The molecule has 1 aliphatic rings. The Morgan fingerprint density at radius 2 is 1.84 bits per heavy atom. The van der Waals surface area contributed by atoms with Crippen LogP contribution in [0.1, 0.15) is 27.6 Å². The lowest BCUT2D eigenvalue weighted by Crippen LogP contribution is -2.17. The molecule has 1 aliphatic heterocycles. The fraction of sp³-hybridized carbons (Fsp3) is 0.263. The van der Waals surface area contributed by atoms with Crippen molar-refractivity contribution in [3.63, 3.8) is 0 Å². The lowest BCUT2D eigenvalue weighted by atomic mass is 10.1. The predicted octanol–water partition coefficient (Wildman–Crippen LogP) is 3.61. The molecule has 0 saturated carbocycles. The first-order chi connectivity index (χ1) is 12.2. The van der Waals surface area contributed by atoms with Gasteiger partial charge in [0.1, 0.15) is 13.2 Å². The molecule has 0 saturated heterocycles. The minimum Gasteiger partial charge on any atom is -0.486 e. The molecule has 3 rings (SSSR count). The number of rotatable bonds is 6. The van der Waals surface area contributed by atoms with Crippen LogP contribution in [0.25, 0.3) is 0 Å². The number of thioether (sulfide) groups is 1. The Bertz CT molecular complexity index is 787. The summed E-state index contributed by atoms with van der Waals surface area (Å²) in [6, 6.07) is 12.2. The van der Waals surface area contributed by atoms with Crippen molar-refractivity contribution in [2.45, 2.75) is 11.8 Å². The first-order valence-corrected chi connectivity index (χ1v) is 8.99. The van der Waals surface area contributed by atoms with Gasteiger partial charge in [-0.1, -0.05) is 19.1 Å². The number of ketones is 1. The van der Waals surface area contributed by atoms with Crippen LogP contribution in [0.15, 0.2) is 47.4 Å². The summed E-state index contributed by atoms with van der Waals surface area (Å²) in [4.78, 5) is 25.4. The summed E-state index contributed by atoms with van der Waals surface area (Å²) >= 11 is 1.56. The van der Waals surface area contributed by atoms with E-state index in [1.165, 1.54) is 0 Å². The maximum absolute atomic E-state index is 12.3. The third-order valence-electron chi connectivity index (χ3n) is 3.61. The van der Waals surface area contributed by atoms with Crippen molar-refractivity contribution in [2.75, 3.05) is 25.6 Å². The zero-order valence-corrected chi connectivity index (χ0v) is 14.6. The zero-order valence-electron chi connectivity index (χ0n) is 13.8. The molecule has 0 bridgehead atoms. The van der Waals surface area contributed by atoms with Crippen molar-refractivity contribution in [1.82, 2.24) is 0 Å². The zero-order chi connectivity index (χ0) is 17.6. The molecule has 0 N–H and O–H groups in total. The van der Waals surface area contributed by atoms with Gasteiger partial charge in [0, 0.05) is 10.5 Å². The molecule has 0 aliphatic carbocycles. The maximum atomic E-state index is 12.3. The van der Waals surface area contributed by atoms with Gasteiger partial charge in [-0.3, -0.25) is 4.79 Å². The average Bonchev–Trinajstić information content (AvgIpc) is 2.66. The van der Waals surface area contributed by atoms with Crippen LogP contribution in [0.2, 0.25) is 0 Å². The largest absolute Gasteiger partial charge is 0.486 e. The lowest BCUT2D eigenvalue weighted by molar-refractivity contribution is 0.0471. The number of fused-ring (bicyclic) bond motifs is 1. The van der Waals surface area contributed by atoms with E-state index in [0.29, 0.717) is 35.8 Å². The van der Waals surface area contributed by atoms with Crippen LogP contribution in [-0.2, 0) is 4.74 Å². The van der Waals surface area contributed by atoms with E-state index in [0.717, 1.165) is 10.6 Å². The molecule has 0 amide bonds. The molecule has 0 aromatic heterocycles. The molecule has 130 valence electrons. The highest BCUT2D eigenvalue weighted by molar-refractivity contribution is 7.99. The van der Waals surface area contributed by atoms with Crippen molar-refractivity contribution < 1.29 is 23.8 Å². The molecule has 0 spiro atoms. The van der Waals surface area contributed by atoms with E-state index in [9.17, 15) is 9.59 Å². The number of hydrogen-bond acceptors (Lipinski definition) is 6. The quantitative estimate of drug-likeness (QED) is 0.447. The van der Waals surface area contributed by atoms with E-state index in [-0.39, 0.29) is 12.4 Å². The second-order valence-corrected chi connectivity index (χ2v) is 6.59. The number of Topliss-reactive ketones (excluding diaryl/α,β-unsaturated/α-hetero) is 1. The molecule has 2 aromatic rings. The molecule has 0 fully saturated rings. The van der Waals surface area contributed by atoms with Gasteiger partial charge < -0.3 is 14.2 Å². The van der Waals surface area contributed by atoms with Crippen LogP contribution in [0.3, 0.4) is 0 Å². The van der Waals surface area contributed by atoms with Crippen LogP contribution < -0.4 is 9.47 Å². The highest BCUT2D eigenvalue weighted by atomic mass is 32.2. The Morgan fingerprint density at radius 3 is 2.64 bits per heavy atom. The molecule has 25 heavy (non-hydrogen) atoms. The van der Waals surface area contributed by atoms with Gasteiger partial charge in [0.25, 0.3) is 0 Å². The van der Waals surface area contributed by atoms with Crippen LogP contribution in [0.5, 0.6) is 11.5 Å². The van der Waals surface area contributed by atoms with Crippen molar-refractivity contribution in [3.8, 4) is 11.5 Å². The molecule has 0 unspecified atom stereocenters. The van der Waals surface area contributed by atoms with Crippen LogP contribution in [-0.4, -0.2) is 37.3 Å². The Hall–Kier alpha value is -2.47. The number of carbonyl (C=O) groups is 2. The van der Waals surface area contributed by atoms with E-state index >= 15 is 0 Å². The molecule has 5 nitrogen and oxygen atoms in total. The van der Waals surface area contributed by atoms with Gasteiger partial charge in [-0.15, -0.1) is 11.8 Å². The summed E-state index contributed by atoms with van der Waals surface area (Å²) in [7, 11) is 0. The number of carbonyl (C=O) groups excluding carboxylic acids is 2. The molecule has 0 radical (unpaired) electrons. The fourth-order valence-electron chi connectivity index (χ4n) is 2.43. The van der Waals surface area contributed by atoms with Gasteiger partial charge in [-0.2, -0.15) is 0 Å². The van der Waals surface area contributed by atoms with Crippen LogP contribution in [0.4, 0.5) is 0 Å². The summed E-state index contributed by atoms with van der Waals surface area (Å²) in [6.07, 6.45) is 0. The van der Waals surface area contributed by atoms with E-state index in [2.05, 4.69) is 0 Å². The average molecular weight is 358 g/mol. The Morgan fingerprint density at radius 1 is 1.08 bits per heavy atom. The number of benzene rings is 2. The first kappa shape index (κ1) is 17.4. The third-order valence-corrected chi connectivity index (χ3v) is 4.56. The topological polar surface area (TPSA) is 61.8 Å². The van der Waals surface area contributed by atoms with E-state index in [1.54, 1.807) is 42.1 Å². The molecule has 6 heteroatoms. The fourth-order valence-corrected chi connectivity index (χ4v) is 3.22. The lowest BCUT2D eigenvalue weighted by Gasteiger charge is -2.18. The maximum Gasteiger partial charge on any atom is 0.339 e. The van der Waals surface area contributed by atoms with Gasteiger partial charge in [0.05, 0.1) is 5.56 Å². The van der Waals surface area contributed by atoms with Gasteiger partial charge in [-0.25, -0.2) is 4.79 Å². The van der Waals surface area contributed by atoms with E-state index < -0.39 is 5.97 Å². The molecular weight excluding hydrogens is 340 g/mol. The smallest absolute Gasteiger partial charge is 0.339 e. The molecule has 0 atom stereocenters. The van der Waals surface area contributed by atoms with Gasteiger partial charge in [0.2, 0.25) is 0 Å². The summed E-state index contributed by atoms with van der Waals surface area (Å²) in [5.41, 5.74) is 0.901. The summed E-state index contributed by atoms with van der Waals surface area (Å²) < 4.78 is 16.1. The minimum absolute atomic E-state index is 0.286. The van der Waals surface area contributed by atoms with E-state index in [1.807, 2.05) is 19.1 Å². The minimum atomic E-state index is -0.498. The number of hydrogen-bond donors (Lipinski definition) is 0. The highest BCUT2D eigenvalue weighted by Crippen LogP contribution is 2.31. The standard InChI is InChI=1S/C19H18O5S/c1-2-25-18-6-4-3-5-14(18)19(21)24-12-15(20)13-7-8-16-17(11-13)23-10-9-22-16/h3-8,11H,2,9-10,12H2,1H3. The second-order valence-electron chi connectivity index (χ2n) is 5.29. The molecule has 2 aromatic carbocycles. The number of ether oxygens (including phenoxy) is 3. The highest BCUT2D eigenvalue weighted by Gasteiger charge is 2.18. The van der Waals surface area contributed by atoms with Gasteiger partial charge >= 0.3 is 5.97 Å². The summed E-state index contributed by atoms with van der Waals surface area (Å²) in [6.45, 7) is 2.64.